The first-order chi connectivity index (χ1) is 31.3. The summed E-state index contributed by atoms with van der Waals surface area (Å²) in [5, 5.41) is 23.7. The van der Waals surface area contributed by atoms with E-state index in [1.807, 2.05) is 12.1 Å². The van der Waals surface area contributed by atoms with Gasteiger partial charge >= 0.3 is 6.09 Å². The lowest BCUT2D eigenvalue weighted by atomic mass is 9.98. The number of sulfonamides is 1. The van der Waals surface area contributed by atoms with E-state index in [4.69, 9.17) is 25.0 Å². The molecular weight excluding hydrogens is 887 g/mol. The molecule has 2 aromatic heterocycles. The third-order valence-corrected chi connectivity index (χ3v) is 14.8. The Balaban J connectivity index is 1.53. The fourth-order valence-electron chi connectivity index (χ4n) is 7.93. The number of nitrogens with two attached hydrogens (primary N) is 1. The molecule has 0 unspecified atom stereocenters. The summed E-state index contributed by atoms with van der Waals surface area (Å²) in [5.41, 5.74) is 8.32. The monoisotopic (exact) mass is 937 g/mol. The highest BCUT2D eigenvalue weighted by Crippen LogP contribution is 2.43. The first-order valence-electron chi connectivity index (χ1n) is 20.7. The van der Waals surface area contributed by atoms with Crippen LogP contribution < -0.4 is 19.9 Å². The highest BCUT2D eigenvalue weighted by Gasteiger charge is 2.40. The van der Waals surface area contributed by atoms with Crippen LogP contribution in [0, 0.1) is 0 Å². The number of nitrogens with zero attached hydrogens (tertiary/aromatic N) is 7. The van der Waals surface area contributed by atoms with Gasteiger partial charge in [0.25, 0.3) is 0 Å². The number of rotatable bonds is 17. The molecule has 0 saturated carbocycles. The predicted molar refractivity (Wildman–Crippen MR) is 248 cm³/mol. The lowest BCUT2D eigenvalue weighted by Gasteiger charge is -2.38. The van der Waals surface area contributed by atoms with E-state index in [-0.39, 0.29) is 42.5 Å². The Morgan fingerprint density at radius 1 is 0.788 bits per heavy atom. The number of anilines is 1. The van der Waals surface area contributed by atoms with Crippen molar-refractivity contribution in [3.05, 3.63) is 120 Å². The van der Waals surface area contributed by atoms with Crippen molar-refractivity contribution in [1.29, 1.82) is 0 Å². The van der Waals surface area contributed by atoms with Gasteiger partial charge in [0.1, 0.15) is 22.1 Å². The fraction of sp³-hybridized carbons (Fsp3) is 0.283. The van der Waals surface area contributed by atoms with Crippen molar-refractivity contribution in [1.82, 2.24) is 39.4 Å². The first-order valence-corrected chi connectivity index (χ1v) is 23.8. The van der Waals surface area contributed by atoms with Crippen LogP contribution in [0.2, 0.25) is 0 Å². The van der Waals surface area contributed by atoms with Crippen molar-refractivity contribution >= 4 is 42.9 Å². The molecular formula is C46H51N9O9S2. The Morgan fingerprint density at radius 3 is 1.85 bits per heavy atom. The van der Waals surface area contributed by atoms with Crippen LogP contribution in [-0.4, -0.2) is 106 Å². The Hall–Kier alpha value is -7.03. The minimum absolute atomic E-state index is 0.0931. The van der Waals surface area contributed by atoms with Crippen molar-refractivity contribution in [2.24, 2.45) is 0 Å². The molecule has 5 aromatic carbocycles. The first kappa shape index (κ1) is 46.9. The van der Waals surface area contributed by atoms with Gasteiger partial charge in [0.2, 0.25) is 15.8 Å². The van der Waals surface area contributed by atoms with Gasteiger partial charge in [-0.05, 0) is 104 Å². The molecule has 18 nitrogen and oxygen atoms in total. The number of para-hydroxylation sites is 1. The number of H-pyrrole nitrogens is 1. The summed E-state index contributed by atoms with van der Waals surface area (Å²) in [6.07, 6.45) is -1.34. The molecule has 0 saturated heterocycles. The highest BCUT2D eigenvalue weighted by molar-refractivity contribution is 7.93. The zero-order valence-electron chi connectivity index (χ0n) is 37.5. The van der Waals surface area contributed by atoms with E-state index in [0.717, 1.165) is 10.5 Å². The number of nitrogen functional groups attached to an aromatic ring is 1. The second-order valence-corrected chi connectivity index (χ2v) is 20.4. The van der Waals surface area contributed by atoms with E-state index in [9.17, 15) is 9.90 Å². The average Bonchev–Trinajstić information content (AvgIpc) is 3.91. The van der Waals surface area contributed by atoms with Gasteiger partial charge in [0.15, 0.2) is 15.8 Å². The summed E-state index contributed by atoms with van der Waals surface area (Å²) in [4.78, 5) is 21.2. The number of tetrazole rings is 1. The number of hydrogen-bond acceptors (Lipinski definition) is 13. The zero-order valence-corrected chi connectivity index (χ0v) is 39.1. The fourth-order valence-corrected chi connectivity index (χ4v) is 11.9. The van der Waals surface area contributed by atoms with Gasteiger partial charge in [-0.15, -0.1) is 10.2 Å². The van der Waals surface area contributed by atoms with Crippen LogP contribution in [0.4, 0.5) is 10.7 Å². The molecule has 66 heavy (non-hydrogen) atoms. The van der Waals surface area contributed by atoms with Crippen LogP contribution in [0.15, 0.2) is 113 Å². The Kier molecular flexibility index (Phi) is 13.4. The number of sulfone groups is 1. The van der Waals surface area contributed by atoms with E-state index in [1.165, 1.54) is 42.4 Å². The van der Waals surface area contributed by atoms with Crippen LogP contribution in [0.5, 0.6) is 17.2 Å². The van der Waals surface area contributed by atoms with E-state index >= 15 is 16.8 Å². The topological polar surface area (TPSA) is 238 Å². The predicted octanol–water partition coefficient (Wildman–Crippen LogP) is 6.87. The van der Waals surface area contributed by atoms with Crippen molar-refractivity contribution in [3.63, 3.8) is 0 Å². The molecule has 0 radical (unpaired) electrons. The Morgan fingerprint density at radius 2 is 1.33 bits per heavy atom. The molecule has 7 aromatic rings. The molecule has 0 spiro atoms. The molecule has 0 bridgehead atoms. The molecule has 1 atom stereocenters. The summed E-state index contributed by atoms with van der Waals surface area (Å²) in [6.45, 7) is 6.06. The van der Waals surface area contributed by atoms with Crippen LogP contribution in [0.1, 0.15) is 44.4 Å². The quantitative estimate of drug-likeness (QED) is 0.0845. The normalized spacial score (nSPS) is 12.6. The molecule has 0 aliphatic heterocycles. The standard InChI is InChI=1S/C46H51N9O9S2/c1-29(55(45(56)57)46(2,3)4)28-65(58,59)39-24-23-36(37-9-8-10-38-41(37)49-44(47)48-38)40(43-50-52-54(51-43)27-32-15-21-35(64-7)22-16-32)42(39)66(60,61)53(25-30-11-17-33(62-5)18-12-30)26-31-13-19-34(63-6)20-14-31/h8-24,29H,25-28H2,1-7H3,(H,56,57)(H3,47,48,49)/t29-/m1/s1. The molecule has 346 valence electrons. The van der Waals surface area contributed by atoms with Crippen LogP contribution in [0.3, 0.4) is 0 Å². The number of carboxylic acid groups (broad SMARTS) is 1. The second-order valence-electron chi connectivity index (χ2n) is 16.6. The van der Waals surface area contributed by atoms with E-state index in [0.29, 0.717) is 45.0 Å². The third-order valence-electron chi connectivity index (χ3n) is 10.9. The lowest BCUT2D eigenvalue weighted by molar-refractivity contribution is 0.0815. The van der Waals surface area contributed by atoms with E-state index in [1.54, 1.807) is 107 Å². The van der Waals surface area contributed by atoms with Gasteiger partial charge in [0.05, 0.1) is 55.1 Å². The summed E-state index contributed by atoms with van der Waals surface area (Å²) in [7, 11) is -5.10. The summed E-state index contributed by atoms with van der Waals surface area (Å²) < 4.78 is 79.8. The Labute approximate surface area is 382 Å². The smallest absolute Gasteiger partial charge is 0.408 e. The highest BCUT2D eigenvalue weighted by atomic mass is 32.2. The molecule has 0 aliphatic rings. The number of carbonyl (C=O) groups is 1. The van der Waals surface area contributed by atoms with Gasteiger partial charge in [-0.3, -0.25) is 4.90 Å². The maximum absolute atomic E-state index is 16.1. The second kappa shape index (κ2) is 18.8. The van der Waals surface area contributed by atoms with Gasteiger partial charge < -0.3 is 30.0 Å². The minimum Gasteiger partial charge on any atom is -0.497 e. The molecule has 20 heteroatoms. The van der Waals surface area contributed by atoms with Gasteiger partial charge in [0, 0.05) is 30.2 Å². The number of nitrogens with one attached hydrogen (secondary N) is 1. The maximum atomic E-state index is 16.1. The van der Waals surface area contributed by atoms with Crippen molar-refractivity contribution < 1.29 is 40.9 Å². The number of fused-ring (bicyclic) bond motifs is 1. The third kappa shape index (κ3) is 9.94. The number of amides is 1. The molecule has 0 aliphatic carbocycles. The van der Waals surface area contributed by atoms with E-state index in [2.05, 4.69) is 20.3 Å². The summed E-state index contributed by atoms with van der Waals surface area (Å²) in [6, 6.07) is 27.6. The average molecular weight is 938 g/mol. The number of ether oxygens (including phenoxy) is 3. The van der Waals surface area contributed by atoms with Crippen molar-refractivity contribution in [2.45, 2.75) is 68.7 Å². The summed E-state index contributed by atoms with van der Waals surface area (Å²) >= 11 is 0. The maximum Gasteiger partial charge on any atom is 0.408 e. The molecule has 1 amide bonds. The molecule has 4 N–H and O–H groups in total. The van der Waals surface area contributed by atoms with Crippen LogP contribution in [0.25, 0.3) is 33.5 Å². The van der Waals surface area contributed by atoms with Crippen LogP contribution in [-0.2, 0) is 39.5 Å². The Bertz CT molecular complexity index is 3030. The minimum atomic E-state index is -4.98. The number of aromatic nitrogens is 6. The van der Waals surface area contributed by atoms with Gasteiger partial charge in [-0.2, -0.15) is 9.10 Å². The van der Waals surface area contributed by atoms with Crippen LogP contribution >= 0.6 is 0 Å². The van der Waals surface area contributed by atoms with Crippen molar-refractivity contribution in [2.75, 3.05) is 32.8 Å². The lowest BCUT2D eigenvalue weighted by Crippen LogP contribution is -2.52. The molecule has 2 heterocycles. The number of benzene rings is 5. The molecule has 0 fully saturated rings. The zero-order chi connectivity index (χ0) is 47.6. The number of hydrogen-bond donors (Lipinski definition) is 3. The van der Waals surface area contributed by atoms with Gasteiger partial charge in [-0.1, -0.05) is 54.6 Å². The SMILES string of the molecule is COc1ccc(CN(Cc2ccc(OC)cc2)S(=O)(=O)c2c(S(=O)(=O)C[C@@H](C)N(C(=O)O)C(C)(C)C)ccc(-c3cccc4[nH]c(N)nc34)c2-c2nnn(Cc3ccc(OC)cc3)n2)cc1. The molecule has 7 rings (SSSR count). The van der Waals surface area contributed by atoms with Crippen molar-refractivity contribution in [3.8, 4) is 39.8 Å². The van der Waals surface area contributed by atoms with E-state index < -0.39 is 53.1 Å². The number of imidazole rings is 1. The summed E-state index contributed by atoms with van der Waals surface area (Å²) in [5.74, 6) is 0.826. The van der Waals surface area contributed by atoms with Gasteiger partial charge in [-0.25, -0.2) is 26.6 Å². The largest absolute Gasteiger partial charge is 0.497 e. The number of methoxy groups -OCH3 is 3. The number of aromatic amines is 1.